The fraction of sp³-hybridized carbons (Fsp3) is 0.0625. The summed E-state index contributed by atoms with van der Waals surface area (Å²) in [5.74, 6) is -1.18. The van der Waals surface area contributed by atoms with E-state index in [-0.39, 0.29) is 11.3 Å². The van der Waals surface area contributed by atoms with E-state index in [4.69, 9.17) is 5.11 Å². The summed E-state index contributed by atoms with van der Waals surface area (Å²) in [6, 6.07) is 13.2. The third kappa shape index (κ3) is 3.38. The molecule has 0 saturated carbocycles. The standard InChI is InChI=1S/C16H13NO3/c1-11-2-4-12(5-3-11)15(18)10-17-14-8-6-13(7-9-14)16(19)20/h2-10H,1H3,(H,19,20). The van der Waals surface area contributed by atoms with E-state index in [0.717, 1.165) is 5.56 Å². The van der Waals surface area contributed by atoms with Crippen LogP contribution < -0.4 is 0 Å². The first kappa shape index (κ1) is 13.7. The molecular formula is C16H13NO3. The molecule has 4 heteroatoms. The fourth-order valence-electron chi connectivity index (χ4n) is 1.62. The molecule has 4 nitrogen and oxygen atoms in total. The van der Waals surface area contributed by atoms with Crippen LogP contribution >= 0.6 is 0 Å². The normalized spacial score (nSPS) is 10.7. The number of nitrogens with zero attached hydrogens (tertiary/aromatic N) is 1. The molecule has 0 aromatic heterocycles. The Labute approximate surface area is 116 Å². The maximum absolute atomic E-state index is 11.9. The van der Waals surface area contributed by atoms with Crippen LogP contribution in [0.3, 0.4) is 0 Å². The van der Waals surface area contributed by atoms with Crippen LogP contribution in [0.15, 0.2) is 53.5 Å². The number of carboxylic acid groups (broad SMARTS) is 1. The van der Waals surface area contributed by atoms with Gasteiger partial charge in [0.2, 0.25) is 5.78 Å². The summed E-state index contributed by atoms with van der Waals surface area (Å²) >= 11 is 0. The smallest absolute Gasteiger partial charge is 0.335 e. The summed E-state index contributed by atoms with van der Waals surface area (Å²) in [6.07, 6.45) is 1.24. The van der Waals surface area contributed by atoms with Gasteiger partial charge in [-0.15, -0.1) is 0 Å². The molecule has 0 aliphatic carbocycles. The number of rotatable bonds is 4. The third-order valence-electron chi connectivity index (χ3n) is 2.78. The van der Waals surface area contributed by atoms with Crippen molar-refractivity contribution in [3.8, 4) is 0 Å². The number of aromatic carboxylic acids is 1. The van der Waals surface area contributed by atoms with Gasteiger partial charge in [0.1, 0.15) is 0 Å². The fourth-order valence-corrected chi connectivity index (χ4v) is 1.62. The van der Waals surface area contributed by atoms with Crippen molar-refractivity contribution in [2.24, 2.45) is 4.99 Å². The number of Topliss-reactive ketones (excluding diaryl/α,β-unsaturated/α-hetero) is 1. The van der Waals surface area contributed by atoms with Gasteiger partial charge in [0, 0.05) is 5.56 Å². The molecular weight excluding hydrogens is 254 g/mol. The summed E-state index contributed by atoms with van der Waals surface area (Å²) in [4.78, 5) is 26.6. The summed E-state index contributed by atoms with van der Waals surface area (Å²) in [5.41, 5.74) is 2.38. The number of aryl methyl sites for hydroxylation is 1. The first-order chi connectivity index (χ1) is 9.56. The first-order valence-electron chi connectivity index (χ1n) is 6.05. The van der Waals surface area contributed by atoms with Crippen molar-refractivity contribution in [1.82, 2.24) is 0 Å². The molecule has 0 atom stereocenters. The average molecular weight is 267 g/mol. The molecule has 0 bridgehead atoms. The minimum Gasteiger partial charge on any atom is -0.478 e. The predicted octanol–water partition coefficient (Wildman–Crippen LogP) is 3.28. The minimum atomic E-state index is -0.990. The van der Waals surface area contributed by atoms with Crippen molar-refractivity contribution in [3.63, 3.8) is 0 Å². The maximum Gasteiger partial charge on any atom is 0.335 e. The lowest BCUT2D eigenvalue weighted by Gasteiger charge is -1.97. The Kier molecular flexibility index (Phi) is 4.05. The van der Waals surface area contributed by atoms with E-state index in [2.05, 4.69) is 4.99 Å². The lowest BCUT2D eigenvalue weighted by atomic mass is 10.1. The molecule has 1 N–H and O–H groups in total. The highest BCUT2D eigenvalue weighted by Crippen LogP contribution is 2.13. The average Bonchev–Trinajstić information content (AvgIpc) is 2.46. The second-order valence-corrected chi connectivity index (χ2v) is 4.34. The topological polar surface area (TPSA) is 66.7 Å². The second-order valence-electron chi connectivity index (χ2n) is 4.34. The number of hydrogen-bond acceptors (Lipinski definition) is 3. The zero-order valence-electron chi connectivity index (χ0n) is 10.9. The van der Waals surface area contributed by atoms with Gasteiger partial charge < -0.3 is 5.11 Å². The van der Waals surface area contributed by atoms with Crippen molar-refractivity contribution in [3.05, 3.63) is 65.2 Å². The van der Waals surface area contributed by atoms with E-state index in [1.165, 1.54) is 18.3 Å². The number of hydrogen-bond donors (Lipinski definition) is 1. The van der Waals surface area contributed by atoms with Crippen LogP contribution in [-0.2, 0) is 0 Å². The Morgan fingerprint density at radius 2 is 1.50 bits per heavy atom. The van der Waals surface area contributed by atoms with Gasteiger partial charge in [-0.3, -0.25) is 9.79 Å². The lowest BCUT2D eigenvalue weighted by molar-refractivity contribution is 0.0696. The molecule has 0 radical (unpaired) electrons. The molecule has 2 aromatic rings. The predicted molar refractivity (Wildman–Crippen MR) is 77.1 cm³/mol. The van der Waals surface area contributed by atoms with E-state index in [1.54, 1.807) is 24.3 Å². The lowest BCUT2D eigenvalue weighted by Crippen LogP contribution is -1.99. The quantitative estimate of drug-likeness (QED) is 0.682. The van der Waals surface area contributed by atoms with Crippen LogP contribution in [0.1, 0.15) is 26.3 Å². The molecule has 0 heterocycles. The van der Waals surface area contributed by atoms with Gasteiger partial charge in [-0.2, -0.15) is 0 Å². The Bertz CT molecular complexity index is 655. The number of benzene rings is 2. The Hall–Kier alpha value is -2.75. The molecule has 0 fully saturated rings. The maximum atomic E-state index is 11.9. The zero-order valence-corrected chi connectivity index (χ0v) is 10.9. The SMILES string of the molecule is Cc1ccc(C(=O)C=Nc2ccc(C(=O)O)cc2)cc1. The summed E-state index contributed by atoms with van der Waals surface area (Å²) in [7, 11) is 0. The van der Waals surface area contributed by atoms with Crippen molar-refractivity contribution in [2.45, 2.75) is 6.92 Å². The second kappa shape index (κ2) is 5.93. The Balaban J connectivity index is 2.10. The van der Waals surface area contributed by atoms with E-state index in [1.807, 2.05) is 19.1 Å². The van der Waals surface area contributed by atoms with E-state index >= 15 is 0 Å². The van der Waals surface area contributed by atoms with Gasteiger partial charge in [-0.1, -0.05) is 29.8 Å². The van der Waals surface area contributed by atoms with Crippen molar-refractivity contribution < 1.29 is 14.7 Å². The minimum absolute atomic E-state index is 0.188. The molecule has 0 unspecified atom stereocenters. The molecule has 100 valence electrons. The van der Waals surface area contributed by atoms with Crippen molar-refractivity contribution in [1.29, 1.82) is 0 Å². The molecule has 0 spiro atoms. The third-order valence-corrected chi connectivity index (χ3v) is 2.78. The monoisotopic (exact) mass is 267 g/mol. The van der Waals surface area contributed by atoms with Gasteiger partial charge in [0.25, 0.3) is 0 Å². The van der Waals surface area contributed by atoms with Crippen LogP contribution in [0.2, 0.25) is 0 Å². The van der Waals surface area contributed by atoms with Crippen LogP contribution in [0, 0.1) is 6.92 Å². The molecule has 0 saturated heterocycles. The molecule has 0 amide bonds. The Morgan fingerprint density at radius 3 is 2.05 bits per heavy atom. The number of carbonyl (C=O) groups is 2. The zero-order chi connectivity index (χ0) is 14.5. The number of carbonyl (C=O) groups excluding carboxylic acids is 1. The van der Waals surface area contributed by atoms with Crippen LogP contribution in [0.5, 0.6) is 0 Å². The number of ketones is 1. The Morgan fingerprint density at radius 1 is 0.950 bits per heavy atom. The molecule has 0 aliphatic rings. The molecule has 2 rings (SSSR count). The summed E-state index contributed by atoms with van der Waals surface area (Å²) in [5, 5.41) is 8.77. The highest BCUT2D eigenvalue weighted by atomic mass is 16.4. The van der Waals surface area contributed by atoms with Gasteiger partial charge in [-0.25, -0.2) is 4.79 Å². The van der Waals surface area contributed by atoms with Gasteiger partial charge in [0.15, 0.2) is 0 Å². The number of aliphatic imine (C=N–C) groups is 1. The number of carboxylic acids is 1. The van der Waals surface area contributed by atoms with Crippen LogP contribution in [0.25, 0.3) is 0 Å². The van der Waals surface area contributed by atoms with E-state index in [0.29, 0.717) is 11.3 Å². The highest BCUT2D eigenvalue weighted by molar-refractivity contribution is 6.35. The van der Waals surface area contributed by atoms with Gasteiger partial charge >= 0.3 is 5.97 Å². The van der Waals surface area contributed by atoms with Gasteiger partial charge in [-0.05, 0) is 31.2 Å². The van der Waals surface area contributed by atoms with E-state index in [9.17, 15) is 9.59 Å². The van der Waals surface area contributed by atoms with Crippen LogP contribution in [-0.4, -0.2) is 23.1 Å². The van der Waals surface area contributed by atoms with Crippen LogP contribution in [0.4, 0.5) is 5.69 Å². The summed E-state index contributed by atoms with van der Waals surface area (Å²) in [6.45, 7) is 1.95. The molecule has 2 aromatic carbocycles. The van der Waals surface area contributed by atoms with Crippen molar-refractivity contribution in [2.75, 3.05) is 0 Å². The first-order valence-corrected chi connectivity index (χ1v) is 6.05. The molecule has 0 aliphatic heterocycles. The highest BCUT2D eigenvalue weighted by Gasteiger charge is 2.03. The van der Waals surface area contributed by atoms with E-state index < -0.39 is 5.97 Å². The summed E-state index contributed by atoms with van der Waals surface area (Å²) < 4.78 is 0. The largest absolute Gasteiger partial charge is 0.478 e. The molecule has 20 heavy (non-hydrogen) atoms. The van der Waals surface area contributed by atoms with Gasteiger partial charge in [0.05, 0.1) is 17.5 Å². The van der Waals surface area contributed by atoms with Crippen molar-refractivity contribution >= 4 is 23.7 Å².